The van der Waals surface area contributed by atoms with E-state index in [4.69, 9.17) is 5.73 Å². The number of hydrogen-bond acceptors (Lipinski definition) is 4. The molecule has 0 amide bonds. The number of aryl methyl sites for hydroxylation is 1. The molecule has 5 nitrogen and oxygen atoms in total. The number of nitrogens with zero attached hydrogens (tertiary/aromatic N) is 4. The SMILES string of the molecule is CCN1CCCC1Cc1nnc2n1CC(N)CC2. The number of aromatic nitrogens is 3. The van der Waals surface area contributed by atoms with E-state index >= 15 is 0 Å². The van der Waals surface area contributed by atoms with Gasteiger partial charge in [0, 0.05) is 31.5 Å². The van der Waals surface area contributed by atoms with Crippen molar-refractivity contribution < 1.29 is 0 Å². The molecule has 1 fully saturated rings. The van der Waals surface area contributed by atoms with Gasteiger partial charge in [-0.15, -0.1) is 10.2 Å². The van der Waals surface area contributed by atoms with Crippen molar-refractivity contribution in [3.63, 3.8) is 0 Å². The van der Waals surface area contributed by atoms with Gasteiger partial charge in [-0.1, -0.05) is 6.92 Å². The van der Waals surface area contributed by atoms with Crippen LogP contribution in [0.2, 0.25) is 0 Å². The normalized spacial score (nSPS) is 28.6. The Morgan fingerprint density at radius 3 is 3.06 bits per heavy atom. The van der Waals surface area contributed by atoms with Gasteiger partial charge in [0.1, 0.15) is 11.6 Å². The van der Waals surface area contributed by atoms with Crippen molar-refractivity contribution >= 4 is 0 Å². The van der Waals surface area contributed by atoms with Gasteiger partial charge in [-0.05, 0) is 32.4 Å². The van der Waals surface area contributed by atoms with Crippen LogP contribution < -0.4 is 5.73 Å². The Kier molecular flexibility index (Phi) is 3.35. The van der Waals surface area contributed by atoms with Gasteiger partial charge in [-0.3, -0.25) is 0 Å². The van der Waals surface area contributed by atoms with Crippen LogP contribution in [0.3, 0.4) is 0 Å². The second-order valence-corrected chi connectivity index (χ2v) is 5.57. The molecule has 5 heteroatoms. The average Bonchev–Trinajstić information content (AvgIpc) is 2.97. The minimum absolute atomic E-state index is 0.276. The first-order chi connectivity index (χ1) is 8.78. The molecule has 2 N–H and O–H groups in total. The summed E-state index contributed by atoms with van der Waals surface area (Å²) < 4.78 is 2.26. The Morgan fingerprint density at radius 2 is 2.22 bits per heavy atom. The molecular formula is C13H23N5. The highest BCUT2D eigenvalue weighted by Gasteiger charge is 2.27. The highest BCUT2D eigenvalue weighted by atomic mass is 15.3. The summed E-state index contributed by atoms with van der Waals surface area (Å²) in [5.41, 5.74) is 6.05. The highest BCUT2D eigenvalue weighted by Crippen LogP contribution is 2.22. The van der Waals surface area contributed by atoms with E-state index in [9.17, 15) is 0 Å². The third-order valence-electron chi connectivity index (χ3n) is 4.38. The summed E-state index contributed by atoms with van der Waals surface area (Å²) >= 11 is 0. The lowest BCUT2D eigenvalue weighted by atomic mass is 10.1. The number of likely N-dealkylation sites (N-methyl/N-ethyl adjacent to an activating group) is 1. The first kappa shape index (κ1) is 12.1. The first-order valence-electron chi connectivity index (χ1n) is 7.18. The Hall–Kier alpha value is -0.940. The quantitative estimate of drug-likeness (QED) is 0.851. The van der Waals surface area contributed by atoms with Crippen LogP contribution in [0.4, 0.5) is 0 Å². The second-order valence-electron chi connectivity index (χ2n) is 5.57. The molecule has 2 aliphatic heterocycles. The average molecular weight is 249 g/mol. The van der Waals surface area contributed by atoms with Crippen LogP contribution in [0.1, 0.15) is 37.8 Å². The Balaban J connectivity index is 1.75. The molecule has 2 atom stereocenters. The zero-order valence-electron chi connectivity index (χ0n) is 11.2. The molecule has 100 valence electrons. The number of rotatable bonds is 3. The van der Waals surface area contributed by atoms with Crippen LogP contribution >= 0.6 is 0 Å². The maximum absolute atomic E-state index is 6.05. The maximum Gasteiger partial charge on any atom is 0.134 e. The molecule has 0 bridgehead atoms. The van der Waals surface area contributed by atoms with E-state index in [1.165, 1.54) is 19.4 Å². The predicted molar refractivity (Wildman–Crippen MR) is 70.3 cm³/mol. The van der Waals surface area contributed by atoms with Gasteiger partial charge in [0.15, 0.2) is 0 Å². The molecule has 3 rings (SSSR count). The van der Waals surface area contributed by atoms with Crippen LogP contribution in [0.25, 0.3) is 0 Å². The van der Waals surface area contributed by atoms with Gasteiger partial charge < -0.3 is 15.2 Å². The monoisotopic (exact) mass is 249 g/mol. The lowest BCUT2D eigenvalue weighted by Crippen LogP contribution is -2.35. The summed E-state index contributed by atoms with van der Waals surface area (Å²) in [4.78, 5) is 2.56. The molecule has 0 aromatic carbocycles. The van der Waals surface area contributed by atoms with Gasteiger partial charge in [-0.2, -0.15) is 0 Å². The minimum atomic E-state index is 0.276. The van der Waals surface area contributed by atoms with Crippen LogP contribution in [-0.4, -0.2) is 44.8 Å². The summed E-state index contributed by atoms with van der Waals surface area (Å²) in [6.07, 6.45) is 5.67. The van der Waals surface area contributed by atoms with Crippen molar-refractivity contribution in [1.82, 2.24) is 19.7 Å². The largest absolute Gasteiger partial charge is 0.326 e. The van der Waals surface area contributed by atoms with E-state index < -0.39 is 0 Å². The fraction of sp³-hybridized carbons (Fsp3) is 0.846. The van der Waals surface area contributed by atoms with Crippen LogP contribution in [0, 0.1) is 0 Å². The van der Waals surface area contributed by atoms with Gasteiger partial charge in [-0.25, -0.2) is 0 Å². The lowest BCUT2D eigenvalue weighted by molar-refractivity contribution is 0.260. The Morgan fingerprint density at radius 1 is 1.33 bits per heavy atom. The number of hydrogen-bond donors (Lipinski definition) is 1. The molecule has 1 aromatic rings. The van der Waals surface area contributed by atoms with Crippen molar-refractivity contribution in [3.05, 3.63) is 11.6 Å². The van der Waals surface area contributed by atoms with Crippen molar-refractivity contribution in [3.8, 4) is 0 Å². The van der Waals surface area contributed by atoms with E-state index in [0.29, 0.717) is 6.04 Å². The van der Waals surface area contributed by atoms with Gasteiger partial charge in [0.25, 0.3) is 0 Å². The fourth-order valence-electron chi connectivity index (χ4n) is 3.31. The first-order valence-corrected chi connectivity index (χ1v) is 7.18. The van der Waals surface area contributed by atoms with Crippen molar-refractivity contribution in [2.75, 3.05) is 13.1 Å². The molecular weight excluding hydrogens is 226 g/mol. The fourth-order valence-corrected chi connectivity index (χ4v) is 3.31. The zero-order chi connectivity index (χ0) is 12.5. The van der Waals surface area contributed by atoms with Crippen molar-refractivity contribution in [1.29, 1.82) is 0 Å². The summed E-state index contributed by atoms with van der Waals surface area (Å²) in [5, 5.41) is 8.72. The topological polar surface area (TPSA) is 60.0 Å². The van der Waals surface area contributed by atoms with Gasteiger partial charge in [0.05, 0.1) is 0 Å². The standard InChI is InChI=1S/C13H23N5/c1-2-17-7-3-4-11(17)8-13-16-15-12-6-5-10(14)9-18(12)13/h10-11H,2-9,14H2,1H3. The predicted octanol–water partition coefficient (Wildman–Crippen LogP) is 0.578. The second kappa shape index (κ2) is 4.97. The molecule has 0 radical (unpaired) electrons. The lowest BCUT2D eigenvalue weighted by Gasteiger charge is -2.24. The third-order valence-corrected chi connectivity index (χ3v) is 4.38. The molecule has 1 aromatic heterocycles. The third kappa shape index (κ3) is 2.17. The highest BCUT2D eigenvalue weighted by molar-refractivity contribution is 5.03. The zero-order valence-corrected chi connectivity index (χ0v) is 11.2. The van der Waals surface area contributed by atoms with E-state index in [1.807, 2.05) is 0 Å². The Bertz CT molecular complexity index is 414. The van der Waals surface area contributed by atoms with Crippen molar-refractivity contribution in [2.45, 2.75) is 57.7 Å². The number of fused-ring (bicyclic) bond motifs is 1. The Labute approximate surface area is 108 Å². The van der Waals surface area contributed by atoms with Crippen LogP contribution in [0.5, 0.6) is 0 Å². The van der Waals surface area contributed by atoms with E-state index in [0.717, 1.165) is 44.0 Å². The molecule has 2 aliphatic rings. The van der Waals surface area contributed by atoms with E-state index in [1.54, 1.807) is 0 Å². The number of likely N-dealkylation sites (tertiary alicyclic amines) is 1. The number of nitrogens with two attached hydrogens (primary N) is 1. The summed E-state index contributed by atoms with van der Waals surface area (Å²) in [5.74, 6) is 2.28. The maximum atomic E-state index is 6.05. The van der Waals surface area contributed by atoms with Crippen molar-refractivity contribution in [2.24, 2.45) is 5.73 Å². The van der Waals surface area contributed by atoms with Crippen LogP contribution in [-0.2, 0) is 19.4 Å². The molecule has 0 aliphatic carbocycles. The molecule has 0 saturated carbocycles. The summed E-state index contributed by atoms with van der Waals surface area (Å²) in [6, 6.07) is 0.930. The molecule has 3 heterocycles. The summed E-state index contributed by atoms with van der Waals surface area (Å²) in [6.45, 7) is 5.52. The van der Waals surface area contributed by atoms with E-state index in [-0.39, 0.29) is 6.04 Å². The minimum Gasteiger partial charge on any atom is -0.326 e. The van der Waals surface area contributed by atoms with E-state index in [2.05, 4.69) is 26.6 Å². The molecule has 2 unspecified atom stereocenters. The van der Waals surface area contributed by atoms with Crippen LogP contribution in [0.15, 0.2) is 0 Å². The summed E-state index contributed by atoms with van der Waals surface area (Å²) in [7, 11) is 0. The molecule has 18 heavy (non-hydrogen) atoms. The molecule has 1 saturated heterocycles. The van der Waals surface area contributed by atoms with Gasteiger partial charge in [0.2, 0.25) is 0 Å². The molecule has 0 spiro atoms. The smallest absolute Gasteiger partial charge is 0.134 e. The van der Waals surface area contributed by atoms with Gasteiger partial charge >= 0.3 is 0 Å².